The number of benzene rings is 1. The molecule has 1 rings (SSSR count). The highest BCUT2D eigenvalue weighted by atomic mass is 16.5. The van der Waals surface area contributed by atoms with Gasteiger partial charge < -0.3 is 20.5 Å². The summed E-state index contributed by atoms with van der Waals surface area (Å²) in [6.07, 6.45) is 1.98. The van der Waals surface area contributed by atoms with E-state index in [2.05, 4.69) is 5.32 Å². The van der Waals surface area contributed by atoms with Crippen LogP contribution in [0, 0.1) is 0 Å². The molecule has 7 nitrogen and oxygen atoms in total. The lowest BCUT2D eigenvalue weighted by Crippen LogP contribution is -2.32. The number of rotatable bonds is 8. The van der Waals surface area contributed by atoms with Crippen LogP contribution in [-0.4, -0.2) is 37.5 Å². The van der Waals surface area contributed by atoms with Crippen LogP contribution in [0.3, 0.4) is 0 Å². The maximum Gasteiger partial charge on any atom is 0.308 e. The fraction of sp³-hybridized carbons (Fsp3) is 0.312. The van der Waals surface area contributed by atoms with Crippen LogP contribution in [0.2, 0.25) is 0 Å². The molecule has 0 aromatic heterocycles. The summed E-state index contributed by atoms with van der Waals surface area (Å²) >= 11 is 0. The average Bonchev–Trinajstić information content (AvgIpc) is 2.53. The SMILES string of the molecule is COc1ccc(/C=C/C(=O)NCCC(=O)O[C@@H](C)C(N)=O)cc1. The molecule has 0 aliphatic rings. The van der Waals surface area contributed by atoms with Crippen molar-refractivity contribution in [3.63, 3.8) is 0 Å². The van der Waals surface area contributed by atoms with Crippen molar-refractivity contribution in [3.05, 3.63) is 35.9 Å². The minimum Gasteiger partial charge on any atom is -0.497 e. The van der Waals surface area contributed by atoms with Crippen LogP contribution in [0.1, 0.15) is 18.9 Å². The Hall–Kier alpha value is -2.83. The molecule has 0 saturated carbocycles. The number of primary amides is 1. The third-order valence-electron chi connectivity index (χ3n) is 2.88. The smallest absolute Gasteiger partial charge is 0.308 e. The van der Waals surface area contributed by atoms with Crippen LogP contribution in [-0.2, 0) is 19.1 Å². The maximum absolute atomic E-state index is 11.6. The molecule has 0 radical (unpaired) electrons. The Labute approximate surface area is 134 Å². The maximum atomic E-state index is 11.6. The lowest BCUT2D eigenvalue weighted by atomic mass is 10.2. The topological polar surface area (TPSA) is 108 Å². The zero-order valence-corrected chi connectivity index (χ0v) is 13.1. The number of nitrogens with two attached hydrogens (primary N) is 1. The second kappa shape index (κ2) is 9.24. The van der Waals surface area contributed by atoms with Crippen molar-refractivity contribution in [2.75, 3.05) is 13.7 Å². The van der Waals surface area contributed by atoms with Crippen molar-refractivity contribution in [1.82, 2.24) is 5.32 Å². The molecule has 0 heterocycles. The normalized spacial score (nSPS) is 11.7. The number of hydrogen-bond acceptors (Lipinski definition) is 5. The van der Waals surface area contributed by atoms with Crippen molar-refractivity contribution >= 4 is 23.9 Å². The highest BCUT2D eigenvalue weighted by Gasteiger charge is 2.13. The van der Waals surface area contributed by atoms with Crippen LogP contribution < -0.4 is 15.8 Å². The van der Waals surface area contributed by atoms with Crippen molar-refractivity contribution < 1.29 is 23.9 Å². The van der Waals surface area contributed by atoms with Gasteiger partial charge in [-0.05, 0) is 30.7 Å². The van der Waals surface area contributed by atoms with E-state index in [1.54, 1.807) is 25.3 Å². The number of ether oxygens (including phenoxy) is 2. The number of hydrogen-bond donors (Lipinski definition) is 2. The lowest BCUT2D eigenvalue weighted by Gasteiger charge is -2.09. The van der Waals surface area contributed by atoms with E-state index in [0.29, 0.717) is 0 Å². The van der Waals surface area contributed by atoms with Crippen LogP contribution in [0.15, 0.2) is 30.3 Å². The van der Waals surface area contributed by atoms with Crippen LogP contribution >= 0.6 is 0 Å². The van der Waals surface area contributed by atoms with Gasteiger partial charge in [0.15, 0.2) is 6.10 Å². The average molecular weight is 320 g/mol. The Balaban J connectivity index is 2.32. The van der Waals surface area contributed by atoms with E-state index >= 15 is 0 Å². The molecule has 3 N–H and O–H groups in total. The summed E-state index contributed by atoms with van der Waals surface area (Å²) in [6.45, 7) is 1.49. The second-order valence-corrected chi connectivity index (χ2v) is 4.68. The number of esters is 1. The molecule has 124 valence electrons. The summed E-state index contributed by atoms with van der Waals surface area (Å²) in [5.41, 5.74) is 5.81. The first kappa shape index (κ1) is 18.2. The van der Waals surface area contributed by atoms with Gasteiger partial charge in [-0.2, -0.15) is 0 Å². The van der Waals surface area contributed by atoms with Crippen LogP contribution in [0.4, 0.5) is 0 Å². The minimum absolute atomic E-state index is 0.0419. The molecule has 1 atom stereocenters. The van der Waals surface area contributed by atoms with E-state index in [-0.39, 0.29) is 18.9 Å². The third-order valence-corrected chi connectivity index (χ3v) is 2.88. The lowest BCUT2D eigenvalue weighted by molar-refractivity contribution is -0.153. The molecule has 0 bridgehead atoms. The Morgan fingerprint density at radius 3 is 2.48 bits per heavy atom. The van der Waals surface area contributed by atoms with Gasteiger partial charge in [0, 0.05) is 12.6 Å². The molecule has 0 fully saturated rings. The molecule has 7 heteroatoms. The third kappa shape index (κ3) is 7.12. The van der Waals surface area contributed by atoms with E-state index in [9.17, 15) is 14.4 Å². The largest absolute Gasteiger partial charge is 0.497 e. The summed E-state index contributed by atoms with van der Waals surface area (Å²) in [5, 5.41) is 2.54. The highest BCUT2D eigenvalue weighted by molar-refractivity contribution is 5.92. The first-order valence-electron chi connectivity index (χ1n) is 7.01. The van der Waals surface area contributed by atoms with Gasteiger partial charge in [0.25, 0.3) is 5.91 Å². The van der Waals surface area contributed by atoms with Crippen molar-refractivity contribution in [3.8, 4) is 5.75 Å². The summed E-state index contributed by atoms with van der Waals surface area (Å²) in [6, 6.07) is 7.19. The molecular weight excluding hydrogens is 300 g/mol. The van der Waals surface area contributed by atoms with Crippen molar-refractivity contribution in [1.29, 1.82) is 0 Å². The molecule has 1 aromatic rings. The van der Waals surface area contributed by atoms with Gasteiger partial charge >= 0.3 is 5.97 Å². The standard InChI is InChI=1S/C16H20N2O5/c1-11(16(17)21)23-15(20)9-10-18-14(19)8-5-12-3-6-13(22-2)7-4-12/h3-8,11H,9-10H2,1-2H3,(H2,17,21)(H,18,19)/b8-5+/t11-/m0/s1. The summed E-state index contributed by atoms with van der Waals surface area (Å²) in [5.74, 6) is -0.924. The predicted molar refractivity (Wildman–Crippen MR) is 84.4 cm³/mol. The Morgan fingerprint density at radius 2 is 1.91 bits per heavy atom. The zero-order chi connectivity index (χ0) is 17.2. The molecular formula is C16H20N2O5. The monoisotopic (exact) mass is 320 g/mol. The number of nitrogens with one attached hydrogen (secondary N) is 1. The van der Waals surface area contributed by atoms with Gasteiger partial charge in [-0.25, -0.2) is 0 Å². The molecule has 2 amide bonds. The molecule has 0 saturated heterocycles. The van der Waals surface area contributed by atoms with Gasteiger partial charge in [0.05, 0.1) is 13.5 Å². The van der Waals surface area contributed by atoms with E-state index in [1.165, 1.54) is 13.0 Å². The number of carbonyl (C=O) groups excluding carboxylic acids is 3. The summed E-state index contributed by atoms with van der Waals surface area (Å²) in [7, 11) is 1.58. The fourth-order valence-corrected chi connectivity index (χ4v) is 1.55. The van der Waals surface area contributed by atoms with E-state index in [0.717, 1.165) is 11.3 Å². The van der Waals surface area contributed by atoms with E-state index in [1.807, 2.05) is 12.1 Å². The second-order valence-electron chi connectivity index (χ2n) is 4.68. The zero-order valence-electron chi connectivity index (χ0n) is 13.1. The summed E-state index contributed by atoms with van der Waals surface area (Å²) < 4.78 is 9.79. The van der Waals surface area contributed by atoms with E-state index in [4.69, 9.17) is 15.2 Å². The first-order chi connectivity index (χ1) is 10.9. The van der Waals surface area contributed by atoms with Gasteiger partial charge in [-0.15, -0.1) is 0 Å². The minimum atomic E-state index is -0.979. The highest BCUT2D eigenvalue weighted by Crippen LogP contribution is 2.12. The van der Waals surface area contributed by atoms with Gasteiger partial charge in [-0.3, -0.25) is 14.4 Å². The molecule has 23 heavy (non-hydrogen) atoms. The number of carbonyl (C=O) groups is 3. The Kier molecular flexibility index (Phi) is 7.32. The number of methoxy groups -OCH3 is 1. The molecule has 1 aromatic carbocycles. The summed E-state index contributed by atoms with van der Waals surface area (Å²) in [4.78, 5) is 33.7. The molecule has 0 aliphatic carbocycles. The van der Waals surface area contributed by atoms with Crippen molar-refractivity contribution in [2.45, 2.75) is 19.4 Å². The fourth-order valence-electron chi connectivity index (χ4n) is 1.55. The van der Waals surface area contributed by atoms with Gasteiger partial charge in [0.1, 0.15) is 5.75 Å². The predicted octanol–water partition coefficient (Wildman–Crippen LogP) is 0.632. The van der Waals surface area contributed by atoms with Crippen LogP contribution in [0.25, 0.3) is 6.08 Å². The van der Waals surface area contributed by atoms with Gasteiger partial charge in [0.2, 0.25) is 5.91 Å². The van der Waals surface area contributed by atoms with Crippen LogP contribution in [0.5, 0.6) is 5.75 Å². The van der Waals surface area contributed by atoms with Gasteiger partial charge in [-0.1, -0.05) is 12.1 Å². The molecule has 0 aliphatic heterocycles. The Morgan fingerprint density at radius 1 is 1.26 bits per heavy atom. The Bertz CT molecular complexity index is 581. The number of amides is 2. The van der Waals surface area contributed by atoms with Crippen molar-refractivity contribution in [2.24, 2.45) is 5.73 Å². The first-order valence-corrected chi connectivity index (χ1v) is 7.01. The quantitative estimate of drug-likeness (QED) is 0.539. The van der Waals surface area contributed by atoms with E-state index < -0.39 is 18.0 Å². The molecule has 0 spiro atoms. The molecule has 0 unspecified atom stereocenters.